The first-order chi connectivity index (χ1) is 9.90. The van der Waals surface area contributed by atoms with Crippen LogP contribution in [0.25, 0.3) is 0 Å². The van der Waals surface area contributed by atoms with Crippen molar-refractivity contribution in [1.82, 2.24) is 5.32 Å². The van der Waals surface area contributed by atoms with Gasteiger partial charge in [-0.05, 0) is 18.4 Å². The smallest absolute Gasteiger partial charge is 0.326 e. The van der Waals surface area contributed by atoms with Crippen molar-refractivity contribution in [3.05, 3.63) is 35.9 Å². The lowest BCUT2D eigenvalue weighted by atomic mass is 10.0. The quantitative estimate of drug-likeness (QED) is 0.507. The Morgan fingerprint density at radius 2 is 1.81 bits per heavy atom. The van der Waals surface area contributed by atoms with E-state index in [1.165, 1.54) is 0 Å². The van der Waals surface area contributed by atoms with Crippen molar-refractivity contribution in [2.75, 3.05) is 0 Å². The maximum atomic E-state index is 11.8. The van der Waals surface area contributed by atoms with Crippen molar-refractivity contribution in [2.45, 2.75) is 31.3 Å². The number of carbonyl (C=O) groups is 3. The lowest BCUT2D eigenvalue weighted by Crippen LogP contribution is -2.49. The zero-order valence-corrected chi connectivity index (χ0v) is 11.5. The number of primary amides is 1. The molecule has 1 aromatic rings. The molecular weight excluding hydrogens is 274 g/mol. The molecule has 6 N–H and O–H groups in total. The molecule has 0 unspecified atom stereocenters. The van der Waals surface area contributed by atoms with E-state index in [0.717, 1.165) is 5.56 Å². The molecule has 0 radical (unpaired) electrons. The number of carbonyl (C=O) groups excluding carboxylic acids is 2. The van der Waals surface area contributed by atoms with Gasteiger partial charge in [-0.15, -0.1) is 0 Å². The van der Waals surface area contributed by atoms with Crippen molar-refractivity contribution < 1.29 is 19.5 Å². The van der Waals surface area contributed by atoms with Crippen LogP contribution < -0.4 is 16.8 Å². The molecule has 1 aromatic carbocycles. The fourth-order valence-electron chi connectivity index (χ4n) is 1.78. The largest absolute Gasteiger partial charge is 0.480 e. The molecule has 0 saturated carbocycles. The SMILES string of the molecule is NC(=O)C[C@H](NC(=O)[C@@H](N)CCc1ccccc1)C(=O)O. The molecular formula is C14H19N3O4. The first-order valence-electron chi connectivity index (χ1n) is 6.51. The summed E-state index contributed by atoms with van der Waals surface area (Å²) in [6.07, 6.45) is 0.508. The Morgan fingerprint density at radius 1 is 1.19 bits per heavy atom. The number of rotatable bonds is 8. The maximum absolute atomic E-state index is 11.8. The lowest BCUT2D eigenvalue weighted by molar-refractivity contribution is -0.143. The molecule has 0 aliphatic heterocycles. The van der Waals surface area contributed by atoms with E-state index in [4.69, 9.17) is 16.6 Å². The molecule has 0 spiro atoms. The monoisotopic (exact) mass is 293 g/mol. The van der Waals surface area contributed by atoms with Crippen molar-refractivity contribution >= 4 is 17.8 Å². The summed E-state index contributed by atoms with van der Waals surface area (Å²) >= 11 is 0. The fraction of sp³-hybridized carbons (Fsp3) is 0.357. The average Bonchev–Trinajstić information content (AvgIpc) is 2.44. The summed E-state index contributed by atoms with van der Waals surface area (Å²) in [4.78, 5) is 33.5. The van der Waals surface area contributed by atoms with Gasteiger partial charge in [0.15, 0.2) is 0 Å². The van der Waals surface area contributed by atoms with E-state index in [1.807, 2.05) is 30.3 Å². The van der Waals surface area contributed by atoms with Crippen LogP contribution in [-0.2, 0) is 20.8 Å². The number of carboxylic acid groups (broad SMARTS) is 1. The van der Waals surface area contributed by atoms with Crippen molar-refractivity contribution in [1.29, 1.82) is 0 Å². The summed E-state index contributed by atoms with van der Waals surface area (Å²) in [5, 5.41) is 11.1. The Hall–Kier alpha value is -2.41. The molecule has 0 heterocycles. The highest BCUT2D eigenvalue weighted by Crippen LogP contribution is 2.04. The van der Waals surface area contributed by atoms with E-state index in [9.17, 15) is 14.4 Å². The molecule has 0 aromatic heterocycles. The minimum absolute atomic E-state index is 0.374. The Balaban J connectivity index is 2.49. The van der Waals surface area contributed by atoms with Crippen LogP contribution in [0.15, 0.2) is 30.3 Å². The molecule has 0 bridgehead atoms. The molecule has 21 heavy (non-hydrogen) atoms. The molecule has 1 rings (SSSR count). The Kier molecular flexibility index (Phi) is 6.35. The van der Waals surface area contributed by atoms with Crippen molar-refractivity contribution in [2.24, 2.45) is 11.5 Å². The molecule has 0 aliphatic carbocycles. The van der Waals surface area contributed by atoms with Gasteiger partial charge in [-0.2, -0.15) is 0 Å². The second kappa shape index (κ2) is 8.01. The number of amides is 2. The van der Waals surface area contributed by atoms with Gasteiger partial charge in [0.1, 0.15) is 6.04 Å². The minimum Gasteiger partial charge on any atom is -0.480 e. The van der Waals surface area contributed by atoms with Crippen LogP contribution in [0.4, 0.5) is 0 Å². The Bertz CT molecular complexity index is 504. The van der Waals surface area contributed by atoms with Gasteiger partial charge in [0.25, 0.3) is 0 Å². The molecule has 0 fully saturated rings. The number of aryl methyl sites for hydroxylation is 1. The third kappa shape index (κ3) is 6.05. The van der Waals surface area contributed by atoms with E-state index in [-0.39, 0.29) is 0 Å². The predicted molar refractivity (Wildman–Crippen MR) is 76.1 cm³/mol. The Labute approximate surface area is 122 Å². The fourth-order valence-corrected chi connectivity index (χ4v) is 1.78. The van der Waals surface area contributed by atoms with Gasteiger partial charge >= 0.3 is 5.97 Å². The van der Waals surface area contributed by atoms with E-state index in [2.05, 4.69) is 5.32 Å². The first-order valence-corrected chi connectivity index (χ1v) is 6.51. The standard InChI is InChI=1S/C14H19N3O4/c15-10(7-6-9-4-2-1-3-5-9)13(19)17-11(14(20)21)8-12(16)18/h1-5,10-11H,6-8,15H2,(H2,16,18)(H,17,19)(H,20,21)/t10-,11-/m0/s1. The molecule has 114 valence electrons. The van der Waals surface area contributed by atoms with E-state index < -0.39 is 36.3 Å². The lowest BCUT2D eigenvalue weighted by Gasteiger charge is -2.16. The summed E-state index contributed by atoms with van der Waals surface area (Å²) in [7, 11) is 0. The van der Waals surface area contributed by atoms with Gasteiger partial charge in [-0.1, -0.05) is 30.3 Å². The normalized spacial score (nSPS) is 13.2. The first kappa shape index (κ1) is 16.6. The van der Waals surface area contributed by atoms with E-state index in [0.29, 0.717) is 12.8 Å². The maximum Gasteiger partial charge on any atom is 0.326 e. The van der Waals surface area contributed by atoms with Crippen LogP contribution in [-0.4, -0.2) is 35.0 Å². The van der Waals surface area contributed by atoms with Gasteiger partial charge in [0.05, 0.1) is 12.5 Å². The van der Waals surface area contributed by atoms with Crippen molar-refractivity contribution in [3.8, 4) is 0 Å². The zero-order chi connectivity index (χ0) is 15.8. The van der Waals surface area contributed by atoms with Crippen LogP contribution in [0.5, 0.6) is 0 Å². The summed E-state index contributed by atoms with van der Waals surface area (Å²) < 4.78 is 0. The number of benzene rings is 1. The van der Waals surface area contributed by atoms with E-state index in [1.54, 1.807) is 0 Å². The summed E-state index contributed by atoms with van der Waals surface area (Å²) in [6, 6.07) is 7.29. The number of nitrogens with two attached hydrogens (primary N) is 2. The second-order valence-electron chi connectivity index (χ2n) is 4.70. The number of hydrogen-bond acceptors (Lipinski definition) is 4. The van der Waals surface area contributed by atoms with Gasteiger partial charge in [0, 0.05) is 0 Å². The topological polar surface area (TPSA) is 136 Å². The van der Waals surface area contributed by atoms with Gasteiger partial charge in [-0.25, -0.2) is 4.79 Å². The van der Waals surface area contributed by atoms with Crippen molar-refractivity contribution in [3.63, 3.8) is 0 Å². The predicted octanol–water partition coefficient (Wildman–Crippen LogP) is -0.609. The van der Waals surface area contributed by atoms with Crippen LogP contribution in [0.1, 0.15) is 18.4 Å². The van der Waals surface area contributed by atoms with Gasteiger partial charge < -0.3 is 21.9 Å². The van der Waals surface area contributed by atoms with Crippen LogP contribution in [0.2, 0.25) is 0 Å². The van der Waals surface area contributed by atoms with Gasteiger partial charge in [0.2, 0.25) is 11.8 Å². The molecule has 7 nitrogen and oxygen atoms in total. The average molecular weight is 293 g/mol. The Morgan fingerprint density at radius 3 is 2.33 bits per heavy atom. The zero-order valence-electron chi connectivity index (χ0n) is 11.5. The van der Waals surface area contributed by atoms with Crippen LogP contribution >= 0.6 is 0 Å². The van der Waals surface area contributed by atoms with Gasteiger partial charge in [-0.3, -0.25) is 9.59 Å². The molecule has 0 aliphatic rings. The molecule has 0 saturated heterocycles. The minimum atomic E-state index is -1.35. The van der Waals surface area contributed by atoms with Crippen LogP contribution in [0, 0.1) is 0 Å². The second-order valence-corrected chi connectivity index (χ2v) is 4.70. The third-order valence-electron chi connectivity index (χ3n) is 2.94. The number of carboxylic acids is 1. The number of hydrogen-bond donors (Lipinski definition) is 4. The van der Waals surface area contributed by atoms with E-state index >= 15 is 0 Å². The molecule has 7 heteroatoms. The summed E-state index contributed by atoms with van der Waals surface area (Å²) in [5.74, 6) is -2.74. The van der Waals surface area contributed by atoms with Crippen LogP contribution in [0.3, 0.4) is 0 Å². The highest BCUT2D eigenvalue weighted by atomic mass is 16.4. The third-order valence-corrected chi connectivity index (χ3v) is 2.94. The molecule has 2 atom stereocenters. The molecule has 2 amide bonds. The number of aliphatic carboxylic acids is 1. The highest BCUT2D eigenvalue weighted by Gasteiger charge is 2.24. The summed E-state index contributed by atoms with van der Waals surface area (Å²) in [6.45, 7) is 0. The number of nitrogens with one attached hydrogen (secondary N) is 1. The highest BCUT2D eigenvalue weighted by molar-refractivity contribution is 5.89. The summed E-state index contributed by atoms with van der Waals surface area (Å²) in [5.41, 5.74) is 11.7.